The number of imidazole rings is 1. The zero-order chi connectivity index (χ0) is 24.8. The Morgan fingerprint density at radius 3 is 2.75 bits per heavy atom. The van der Waals surface area contributed by atoms with Crippen molar-refractivity contribution in [2.24, 2.45) is 7.05 Å². The molecule has 1 N–H and O–H groups in total. The second-order valence-corrected chi connectivity index (χ2v) is 9.37. The molecule has 0 aliphatic carbocycles. The largest absolute Gasteiger partial charge is 0.381 e. The van der Waals surface area contributed by atoms with Crippen molar-refractivity contribution in [1.29, 1.82) is 0 Å². The van der Waals surface area contributed by atoms with Crippen molar-refractivity contribution in [1.82, 2.24) is 34.5 Å². The third kappa shape index (κ3) is 3.81. The summed E-state index contributed by atoms with van der Waals surface area (Å²) in [5, 5.41) is 8.69. The lowest BCUT2D eigenvalue weighted by atomic mass is 9.99. The molecule has 10 heteroatoms. The summed E-state index contributed by atoms with van der Waals surface area (Å²) in [6, 6.07) is 6.93. The van der Waals surface area contributed by atoms with Crippen LogP contribution in [0.3, 0.4) is 0 Å². The lowest BCUT2D eigenvalue weighted by Crippen LogP contribution is -2.43. The van der Waals surface area contributed by atoms with Crippen molar-refractivity contribution in [3.8, 4) is 22.6 Å². The van der Waals surface area contributed by atoms with Crippen molar-refractivity contribution in [2.45, 2.75) is 31.8 Å². The Morgan fingerprint density at radius 2 is 2.00 bits per heavy atom. The van der Waals surface area contributed by atoms with Crippen LogP contribution in [0, 0.1) is 5.82 Å². The van der Waals surface area contributed by atoms with Crippen LogP contribution in [0.2, 0.25) is 0 Å². The summed E-state index contributed by atoms with van der Waals surface area (Å²) < 4.78 is 25.1. The topological polar surface area (TPSA) is 90.1 Å². The van der Waals surface area contributed by atoms with Crippen LogP contribution in [0.25, 0.3) is 33.4 Å². The Labute approximate surface area is 207 Å². The highest BCUT2D eigenvalue weighted by molar-refractivity contribution is 5.97. The van der Waals surface area contributed by atoms with E-state index in [2.05, 4.69) is 20.0 Å². The molecule has 3 aromatic heterocycles. The summed E-state index contributed by atoms with van der Waals surface area (Å²) in [6.07, 6.45) is 5.33. The maximum Gasteiger partial charge on any atom is 0.317 e. The SMILES string of the molecule is CNC(=O)N1CCn2c(C3CCOCC3)nc(-c3c(F)ccc4cc(-c5ccn(C)n5)ncc34)c2C1. The van der Waals surface area contributed by atoms with E-state index in [0.717, 1.165) is 41.1 Å². The van der Waals surface area contributed by atoms with E-state index in [1.807, 2.05) is 25.4 Å². The first-order valence-corrected chi connectivity index (χ1v) is 12.3. The summed E-state index contributed by atoms with van der Waals surface area (Å²) in [7, 11) is 3.48. The van der Waals surface area contributed by atoms with Crippen LogP contribution in [-0.4, -0.2) is 62.1 Å². The molecule has 0 radical (unpaired) electrons. The van der Waals surface area contributed by atoms with Gasteiger partial charge in [-0.3, -0.25) is 9.67 Å². The molecule has 0 spiro atoms. The summed E-state index contributed by atoms with van der Waals surface area (Å²) in [5.41, 5.74) is 3.34. The van der Waals surface area contributed by atoms with Gasteiger partial charge in [0.25, 0.3) is 0 Å². The quantitative estimate of drug-likeness (QED) is 0.474. The van der Waals surface area contributed by atoms with Crippen molar-refractivity contribution in [2.75, 3.05) is 26.8 Å². The highest BCUT2D eigenvalue weighted by Crippen LogP contribution is 2.38. The zero-order valence-electron chi connectivity index (χ0n) is 20.4. The number of amides is 2. The molecule has 6 rings (SSSR count). The van der Waals surface area contributed by atoms with E-state index in [1.54, 1.807) is 28.9 Å². The molecule has 2 aliphatic heterocycles. The number of nitrogens with zero attached hydrogens (tertiary/aromatic N) is 6. The Balaban J connectivity index is 1.51. The molecule has 4 aromatic rings. The predicted octanol–water partition coefficient (Wildman–Crippen LogP) is 3.69. The molecule has 0 saturated carbocycles. The first-order valence-electron chi connectivity index (χ1n) is 12.3. The molecule has 186 valence electrons. The van der Waals surface area contributed by atoms with Gasteiger partial charge in [-0.2, -0.15) is 5.10 Å². The van der Waals surface area contributed by atoms with Crippen LogP contribution in [0.1, 0.15) is 30.3 Å². The summed E-state index contributed by atoms with van der Waals surface area (Å²) in [4.78, 5) is 23.9. The average molecular weight is 490 g/mol. The molecule has 2 amide bonds. The standard InChI is InChI=1S/C26H28FN7O2/c1-28-26(35)33-9-10-34-22(15-33)24(30-25(34)16-6-11-36-12-7-16)23-18-14-29-21(20-5-8-32(2)31-20)13-17(18)3-4-19(23)27/h3-5,8,13-14,16H,6-7,9-12,15H2,1-2H3,(H,28,35). The molecular weight excluding hydrogens is 461 g/mol. The third-order valence-electron chi connectivity index (χ3n) is 7.19. The minimum absolute atomic E-state index is 0.152. The first-order chi connectivity index (χ1) is 17.5. The van der Waals surface area contributed by atoms with Gasteiger partial charge in [0, 0.05) is 69.7 Å². The fraction of sp³-hybridized carbons (Fsp3) is 0.385. The van der Waals surface area contributed by atoms with Gasteiger partial charge in [0.05, 0.1) is 23.6 Å². The van der Waals surface area contributed by atoms with E-state index >= 15 is 4.39 Å². The molecule has 1 aromatic carbocycles. The molecule has 1 saturated heterocycles. The number of nitrogens with one attached hydrogen (secondary N) is 1. The lowest BCUT2D eigenvalue weighted by molar-refractivity contribution is 0.0823. The number of carbonyl (C=O) groups is 1. The Kier molecular flexibility index (Phi) is 5.67. The number of ether oxygens (including phenoxy) is 1. The van der Waals surface area contributed by atoms with Crippen LogP contribution < -0.4 is 5.32 Å². The Bertz CT molecular complexity index is 1450. The summed E-state index contributed by atoms with van der Waals surface area (Å²) in [5.74, 6) is 0.838. The lowest BCUT2D eigenvalue weighted by Gasteiger charge is -2.30. The van der Waals surface area contributed by atoms with Gasteiger partial charge in [-0.15, -0.1) is 0 Å². The molecule has 0 atom stereocenters. The molecule has 0 unspecified atom stereocenters. The van der Waals surface area contributed by atoms with E-state index in [-0.39, 0.29) is 17.8 Å². The minimum Gasteiger partial charge on any atom is -0.381 e. The number of hydrogen-bond acceptors (Lipinski definition) is 5. The Hall–Kier alpha value is -3.79. The number of benzene rings is 1. The molecule has 9 nitrogen and oxygen atoms in total. The Morgan fingerprint density at radius 1 is 1.17 bits per heavy atom. The van der Waals surface area contributed by atoms with E-state index in [0.29, 0.717) is 49.5 Å². The van der Waals surface area contributed by atoms with Crippen molar-refractivity contribution in [3.05, 3.63) is 54.0 Å². The second-order valence-electron chi connectivity index (χ2n) is 9.37. The van der Waals surface area contributed by atoms with Crippen LogP contribution in [0.15, 0.2) is 36.7 Å². The van der Waals surface area contributed by atoms with Gasteiger partial charge >= 0.3 is 6.03 Å². The predicted molar refractivity (Wildman–Crippen MR) is 133 cm³/mol. The maximum absolute atomic E-state index is 15.6. The van der Waals surface area contributed by atoms with Crippen LogP contribution >= 0.6 is 0 Å². The molecule has 5 heterocycles. The molecule has 1 fully saturated rings. The van der Waals surface area contributed by atoms with Gasteiger partial charge in [-0.1, -0.05) is 6.07 Å². The van der Waals surface area contributed by atoms with Gasteiger partial charge in [0.2, 0.25) is 0 Å². The molecular formula is C26H28FN7O2. The number of urea groups is 1. The highest BCUT2D eigenvalue weighted by Gasteiger charge is 2.32. The summed E-state index contributed by atoms with van der Waals surface area (Å²) >= 11 is 0. The number of carbonyl (C=O) groups excluding carboxylic acids is 1. The van der Waals surface area contributed by atoms with Crippen molar-refractivity contribution < 1.29 is 13.9 Å². The first kappa shape index (κ1) is 22.7. The smallest absolute Gasteiger partial charge is 0.317 e. The van der Waals surface area contributed by atoms with E-state index in [1.165, 1.54) is 6.07 Å². The van der Waals surface area contributed by atoms with E-state index in [9.17, 15) is 4.79 Å². The number of hydrogen-bond donors (Lipinski definition) is 1. The second kappa shape index (κ2) is 9.02. The average Bonchev–Trinajstić information content (AvgIpc) is 3.52. The van der Waals surface area contributed by atoms with E-state index < -0.39 is 0 Å². The number of fused-ring (bicyclic) bond motifs is 2. The normalized spacial score (nSPS) is 16.4. The molecule has 36 heavy (non-hydrogen) atoms. The fourth-order valence-corrected chi connectivity index (χ4v) is 5.32. The molecule has 2 aliphatic rings. The van der Waals surface area contributed by atoms with Gasteiger partial charge < -0.3 is 19.5 Å². The number of halogens is 1. The van der Waals surface area contributed by atoms with Gasteiger partial charge in [-0.05, 0) is 36.4 Å². The minimum atomic E-state index is -0.355. The maximum atomic E-state index is 15.6. The highest BCUT2D eigenvalue weighted by atomic mass is 19.1. The van der Waals surface area contributed by atoms with Crippen molar-refractivity contribution >= 4 is 16.8 Å². The van der Waals surface area contributed by atoms with E-state index in [4.69, 9.17) is 9.72 Å². The number of pyridine rings is 1. The monoisotopic (exact) mass is 489 g/mol. The number of aryl methyl sites for hydroxylation is 1. The molecule has 0 bridgehead atoms. The number of rotatable bonds is 3. The zero-order valence-corrected chi connectivity index (χ0v) is 20.4. The van der Waals surface area contributed by atoms with Gasteiger partial charge in [0.1, 0.15) is 17.3 Å². The van der Waals surface area contributed by atoms with Crippen molar-refractivity contribution in [3.63, 3.8) is 0 Å². The van der Waals surface area contributed by atoms with Crippen LogP contribution in [-0.2, 0) is 24.9 Å². The fourth-order valence-electron chi connectivity index (χ4n) is 5.32. The summed E-state index contributed by atoms with van der Waals surface area (Å²) in [6.45, 7) is 2.94. The van der Waals surface area contributed by atoms with Gasteiger partial charge in [-0.25, -0.2) is 14.2 Å². The van der Waals surface area contributed by atoms with Gasteiger partial charge in [0.15, 0.2) is 0 Å². The van der Waals surface area contributed by atoms with Crippen LogP contribution in [0.4, 0.5) is 9.18 Å². The third-order valence-corrected chi connectivity index (χ3v) is 7.19. The van der Waals surface area contributed by atoms with Crippen LogP contribution in [0.5, 0.6) is 0 Å². The number of aromatic nitrogens is 5.